The number of hydrogen-bond acceptors (Lipinski definition) is 3. The van der Waals surface area contributed by atoms with Crippen LogP contribution in [0.25, 0.3) is 0 Å². The number of hydrogen-bond donors (Lipinski definition) is 1. The highest BCUT2D eigenvalue weighted by molar-refractivity contribution is 7.93. The Hall–Kier alpha value is -1.27. The van der Waals surface area contributed by atoms with E-state index in [4.69, 9.17) is 34.8 Å². The van der Waals surface area contributed by atoms with Gasteiger partial charge >= 0.3 is 0 Å². The smallest absolute Gasteiger partial charge is 0.264 e. The molecular weight excluding hydrogens is 369 g/mol. The maximum Gasteiger partial charge on any atom is 0.264 e. The molecule has 0 unspecified atom stereocenters. The zero-order valence-corrected chi connectivity index (χ0v) is 14.3. The van der Waals surface area contributed by atoms with Crippen molar-refractivity contribution in [3.63, 3.8) is 0 Å². The van der Waals surface area contributed by atoms with Crippen LogP contribution in [-0.2, 0) is 10.0 Å². The Morgan fingerprint density at radius 1 is 0.955 bits per heavy atom. The van der Waals surface area contributed by atoms with Crippen LogP contribution in [0.15, 0.2) is 41.3 Å². The van der Waals surface area contributed by atoms with Crippen LogP contribution in [0.1, 0.15) is 17.3 Å². The molecular formula is C14H10Cl3NO3S. The van der Waals surface area contributed by atoms with Crippen molar-refractivity contribution >= 4 is 56.3 Å². The van der Waals surface area contributed by atoms with Crippen molar-refractivity contribution in [2.75, 3.05) is 4.72 Å². The second-order valence-electron chi connectivity index (χ2n) is 4.37. The van der Waals surface area contributed by atoms with Crippen LogP contribution in [-0.4, -0.2) is 14.2 Å². The molecule has 0 spiro atoms. The Morgan fingerprint density at radius 2 is 1.45 bits per heavy atom. The van der Waals surface area contributed by atoms with Crippen molar-refractivity contribution in [1.29, 1.82) is 0 Å². The van der Waals surface area contributed by atoms with Gasteiger partial charge < -0.3 is 0 Å². The molecule has 116 valence electrons. The summed E-state index contributed by atoms with van der Waals surface area (Å²) in [7, 11) is -4.07. The van der Waals surface area contributed by atoms with Gasteiger partial charge in [-0.25, -0.2) is 8.42 Å². The number of nitrogens with one attached hydrogen (secondary N) is 1. The van der Waals surface area contributed by atoms with Crippen LogP contribution in [0.2, 0.25) is 15.1 Å². The van der Waals surface area contributed by atoms with Crippen molar-refractivity contribution in [2.24, 2.45) is 0 Å². The van der Waals surface area contributed by atoms with Gasteiger partial charge in [-0.3, -0.25) is 9.52 Å². The van der Waals surface area contributed by atoms with E-state index in [0.29, 0.717) is 0 Å². The molecule has 0 aromatic heterocycles. The first-order valence-electron chi connectivity index (χ1n) is 6.00. The van der Waals surface area contributed by atoms with Crippen molar-refractivity contribution in [1.82, 2.24) is 0 Å². The standard InChI is InChI=1S/C14H10Cl3NO3S/c1-8(19)13-9(15)4-3-7-12(13)18-22(20,21)14-10(16)5-2-6-11(14)17/h2-7,18H,1H3. The first-order chi connectivity index (χ1) is 10.2. The first kappa shape index (κ1) is 17.1. The molecule has 0 aliphatic carbocycles. The van der Waals surface area contributed by atoms with E-state index in [-0.39, 0.29) is 37.0 Å². The molecule has 2 aromatic carbocycles. The third-order valence-corrected chi connectivity index (χ3v) is 5.43. The van der Waals surface area contributed by atoms with E-state index in [1.807, 2.05) is 0 Å². The first-order valence-corrected chi connectivity index (χ1v) is 8.62. The molecule has 0 radical (unpaired) electrons. The number of ketones is 1. The largest absolute Gasteiger partial charge is 0.294 e. The lowest BCUT2D eigenvalue weighted by Crippen LogP contribution is -2.16. The Kier molecular flexibility index (Phi) is 5.02. The number of carbonyl (C=O) groups excluding carboxylic acids is 1. The van der Waals surface area contributed by atoms with Crippen molar-refractivity contribution in [2.45, 2.75) is 11.8 Å². The van der Waals surface area contributed by atoms with E-state index < -0.39 is 10.0 Å². The molecule has 8 heteroatoms. The summed E-state index contributed by atoms with van der Waals surface area (Å²) in [5.41, 5.74) is 0.145. The minimum absolute atomic E-state index is 0.0218. The summed E-state index contributed by atoms with van der Waals surface area (Å²) < 4.78 is 27.3. The fourth-order valence-corrected chi connectivity index (χ4v) is 4.43. The summed E-state index contributed by atoms with van der Waals surface area (Å²) in [5.74, 6) is -0.367. The predicted octanol–water partition coefficient (Wildman–Crippen LogP) is 4.65. The van der Waals surface area contributed by atoms with Gasteiger partial charge in [0.2, 0.25) is 0 Å². The van der Waals surface area contributed by atoms with E-state index in [1.165, 1.54) is 43.3 Å². The number of anilines is 1. The molecule has 2 rings (SSSR count). The van der Waals surface area contributed by atoms with E-state index >= 15 is 0 Å². The van der Waals surface area contributed by atoms with Gasteiger partial charge in [0, 0.05) is 0 Å². The number of carbonyl (C=O) groups is 1. The molecule has 0 bridgehead atoms. The lowest BCUT2D eigenvalue weighted by molar-refractivity contribution is 0.101. The van der Waals surface area contributed by atoms with E-state index in [9.17, 15) is 13.2 Å². The molecule has 0 aliphatic heterocycles. The van der Waals surface area contributed by atoms with E-state index in [0.717, 1.165) is 0 Å². The minimum Gasteiger partial charge on any atom is -0.294 e. The van der Waals surface area contributed by atoms with Crippen LogP contribution in [0.4, 0.5) is 5.69 Å². The Balaban J connectivity index is 2.56. The Morgan fingerprint density at radius 3 is 2.00 bits per heavy atom. The zero-order valence-electron chi connectivity index (χ0n) is 11.2. The highest BCUT2D eigenvalue weighted by atomic mass is 35.5. The van der Waals surface area contributed by atoms with Crippen molar-refractivity contribution in [3.05, 3.63) is 57.0 Å². The Labute approximate surface area is 143 Å². The normalized spacial score (nSPS) is 11.3. The predicted molar refractivity (Wildman–Crippen MR) is 88.7 cm³/mol. The quantitative estimate of drug-likeness (QED) is 0.788. The summed E-state index contributed by atoms with van der Waals surface area (Å²) in [6.45, 7) is 1.29. The molecule has 0 heterocycles. The maximum absolute atomic E-state index is 12.5. The number of halogens is 3. The summed E-state index contributed by atoms with van der Waals surface area (Å²) >= 11 is 17.8. The summed E-state index contributed by atoms with van der Waals surface area (Å²) in [4.78, 5) is 11.4. The third-order valence-electron chi connectivity index (χ3n) is 2.80. The highest BCUT2D eigenvalue weighted by Crippen LogP contribution is 2.32. The van der Waals surface area contributed by atoms with E-state index in [1.54, 1.807) is 0 Å². The molecule has 2 aromatic rings. The molecule has 0 saturated heterocycles. The number of Topliss-reactive ketones (excluding diaryl/α,β-unsaturated/α-hetero) is 1. The number of rotatable bonds is 4. The molecule has 0 aliphatic rings. The molecule has 0 atom stereocenters. The van der Waals surface area contributed by atoms with Crippen LogP contribution >= 0.6 is 34.8 Å². The average Bonchev–Trinajstić information content (AvgIpc) is 2.36. The van der Waals surface area contributed by atoms with Crippen LogP contribution < -0.4 is 4.72 Å². The molecule has 0 amide bonds. The van der Waals surface area contributed by atoms with Gasteiger partial charge in [0.1, 0.15) is 4.90 Å². The summed E-state index contributed by atoms with van der Waals surface area (Å²) in [5, 5.41) is 0.107. The SMILES string of the molecule is CC(=O)c1c(Cl)cccc1NS(=O)(=O)c1c(Cl)cccc1Cl. The second kappa shape index (κ2) is 6.46. The van der Waals surface area contributed by atoms with Crippen LogP contribution in [0, 0.1) is 0 Å². The second-order valence-corrected chi connectivity index (χ2v) is 7.22. The average molecular weight is 379 g/mol. The molecule has 0 saturated carbocycles. The van der Waals surface area contributed by atoms with Gasteiger partial charge in [-0.15, -0.1) is 0 Å². The van der Waals surface area contributed by atoms with Gasteiger partial charge in [-0.2, -0.15) is 0 Å². The zero-order chi connectivity index (χ0) is 16.5. The lowest BCUT2D eigenvalue weighted by Gasteiger charge is -2.14. The van der Waals surface area contributed by atoms with Crippen LogP contribution in [0.5, 0.6) is 0 Å². The molecule has 22 heavy (non-hydrogen) atoms. The third kappa shape index (κ3) is 3.38. The minimum atomic E-state index is -4.07. The van der Waals surface area contributed by atoms with Gasteiger partial charge in [0.25, 0.3) is 10.0 Å². The van der Waals surface area contributed by atoms with Crippen molar-refractivity contribution < 1.29 is 13.2 Å². The van der Waals surface area contributed by atoms with Gasteiger partial charge in [0.15, 0.2) is 5.78 Å². The molecule has 1 N–H and O–H groups in total. The number of benzene rings is 2. The topological polar surface area (TPSA) is 63.2 Å². The fraction of sp³-hybridized carbons (Fsp3) is 0.0714. The molecule has 0 fully saturated rings. The fourth-order valence-electron chi connectivity index (χ4n) is 1.90. The summed E-state index contributed by atoms with van der Waals surface area (Å²) in [6, 6.07) is 8.81. The number of sulfonamides is 1. The maximum atomic E-state index is 12.5. The molecule has 4 nitrogen and oxygen atoms in total. The lowest BCUT2D eigenvalue weighted by atomic mass is 10.1. The van der Waals surface area contributed by atoms with Crippen LogP contribution in [0.3, 0.4) is 0 Å². The summed E-state index contributed by atoms with van der Waals surface area (Å²) in [6.07, 6.45) is 0. The highest BCUT2D eigenvalue weighted by Gasteiger charge is 2.24. The van der Waals surface area contributed by atoms with Gasteiger partial charge in [0.05, 0.1) is 26.3 Å². The van der Waals surface area contributed by atoms with Gasteiger partial charge in [-0.1, -0.05) is 46.9 Å². The Bertz CT molecular complexity index is 830. The van der Waals surface area contributed by atoms with Crippen molar-refractivity contribution in [3.8, 4) is 0 Å². The van der Waals surface area contributed by atoms with Gasteiger partial charge in [-0.05, 0) is 31.2 Å². The van der Waals surface area contributed by atoms with E-state index in [2.05, 4.69) is 4.72 Å². The monoisotopic (exact) mass is 377 g/mol.